The number of benzene rings is 1. The third-order valence-corrected chi connectivity index (χ3v) is 3.65. The van der Waals surface area contributed by atoms with Crippen molar-refractivity contribution < 1.29 is 14.6 Å². The molecule has 0 spiro atoms. The van der Waals surface area contributed by atoms with Gasteiger partial charge in [0.25, 0.3) is 5.97 Å². The van der Waals surface area contributed by atoms with Gasteiger partial charge in [0, 0.05) is 48.5 Å². The minimum Gasteiger partial charge on any atom is -0.481 e. The van der Waals surface area contributed by atoms with E-state index in [0.717, 1.165) is 29.6 Å². The van der Waals surface area contributed by atoms with Crippen molar-refractivity contribution in [3.8, 4) is 22.8 Å². The molecule has 8 nitrogen and oxygen atoms in total. The van der Waals surface area contributed by atoms with E-state index in [2.05, 4.69) is 25.3 Å². The molecule has 0 atom stereocenters. The number of carbonyl (C=O) groups is 1. The second-order valence-electron chi connectivity index (χ2n) is 5.97. The van der Waals surface area contributed by atoms with Crippen LogP contribution in [0.3, 0.4) is 0 Å². The zero-order chi connectivity index (χ0) is 21.2. The first-order valence-electron chi connectivity index (χ1n) is 8.98. The van der Waals surface area contributed by atoms with Crippen LogP contribution in [0, 0.1) is 0 Å². The number of hydrogen-bond acceptors (Lipinski definition) is 7. The Morgan fingerprint density at radius 3 is 2.30 bits per heavy atom. The molecule has 8 heteroatoms. The summed E-state index contributed by atoms with van der Waals surface area (Å²) >= 11 is 0. The molecular weight excluding hydrogens is 382 g/mol. The standard InChI is InChI=1S/C20H15N5O.C2H4O2/c1-2-10-23-19(5-1)25-16-6-8-17(9-7-16)26-20-18(4-3-11-24-20)15-12-21-14-22-13-15;1-2(3)4/h1-14H,(H,23,25);1H3,(H,3,4). The second kappa shape index (κ2) is 10.3. The molecule has 0 bridgehead atoms. The largest absolute Gasteiger partial charge is 0.481 e. The number of pyridine rings is 2. The number of nitrogens with one attached hydrogen (secondary N) is 1. The normalized spacial score (nSPS) is 9.77. The molecule has 2 N–H and O–H groups in total. The van der Waals surface area contributed by atoms with Crippen molar-refractivity contribution in [2.75, 3.05) is 5.32 Å². The Morgan fingerprint density at radius 2 is 1.63 bits per heavy atom. The Hall–Kier alpha value is -4.33. The van der Waals surface area contributed by atoms with Gasteiger partial charge in [-0.3, -0.25) is 4.79 Å². The number of aliphatic carboxylic acids is 1. The molecule has 0 fully saturated rings. The first-order valence-corrected chi connectivity index (χ1v) is 8.98. The summed E-state index contributed by atoms with van der Waals surface area (Å²) in [5.41, 5.74) is 2.61. The van der Waals surface area contributed by atoms with Crippen LogP contribution >= 0.6 is 0 Å². The zero-order valence-corrected chi connectivity index (χ0v) is 16.1. The number of aromatic nitrogens is 4. The second-order valence-corrected chi connectivity index (χ2v) is 5.97. The van der Waals surface area contributed by atoms with E-state index in [-0.39, 0.29) is 0 Å². The predicted molar refractivity (Wildman–Crippen MR) is 113 cm³/mol. The third kappa shape index (κ3) is 6.10. The molecule has 150 valence electrons. The van der Waals surface area contributed by atoms with Gasteiger partial charge in [-0.1, -0.05) is 6.07 Å². The molecule has 0 radical (unpaired) electrons. The highest BCUT2D eigenvalue weighted by molar-refractivity contribution is 5.67. The summed E-state index contributed by atoms with van der Waals surface area (Å²) < 4.78 is 5.96. The highest BCUT2D eigenvalue weighted by Crippen LogP contribution is 2.31. The van der Waals surface area contributed by atoms with Crippen LogP contribution in [0.15, 0.2) is 85.7 Å². The Morgan fingerprint density at radius 1 is 0.933 bits per heavy atom. The van der Waals surface area contributed by atoms with E-state index >= 15 is 0 Å². The van der Waals surface area contributed by atoms with E-state index in [9.17, 15) is 0 Å². The van der Waals surface area contributed by atoms with E-state index in [1.807, 2.05) is 54.6 Å². The maximum absolute atomic E-state index is 9.00. The summed E-state index contributed by atoms with van der Waals surface area (Å²) in [5, 5.41) is 10.7. The molecule has 0 aliphatic rings. The minimum atomic E-state index is -0.833. The van der Waals surface area contributed by atoms with Crippen LogP contribution in [-0.4, -0.2) is 31.0 Å². The molecule has 0 aliphatic heterocycles. The molecule has 4 aromatic rings. The molecule has 0 saturated carbocycles. The Bertz CT molecular complexity index is 1070. The van der Waals surface area contributed by atoms with E-state index in [1.54, 1.807) is 24.8 Å². The van der Waals surface area contributed by atoms with Crippen molar-refractivity contribution in [2.24, 2.45) is 0 Å². The smallest absolute Gasteiger partial charge is 0.300 e. The van der Waals surface area contributed by atoms with E-state index in [0.29, 0.717) is 11.6 Å². The number of nitrogens with zero attached hydrogens (tertiary/aromatic N) is 4. The monoisotopic (exact) mass is 401 g/mol. The fourth-order valence-electron chi connectivity index (χ4n) is 2.43. The highest BCUT2D eigenvalue weighted by atomic mass is 16.5. The van der Waals surface area contributed by atoms with Crippen LogP contribution in [0.4, 0.5) is 11.5 Å². The summed E-state index contributed by atoms with van der Waals surface area (Å²) in [6.07, 6.45) is 8.40. The van der Waals surface area contributed by atoms with E-state index in [4.69, 9.17) is 14.6 Å². The Balaban J connectivity index is 0.000000589. The molecule has 1 aromatic carbocycles. The molecule has 3 aromatic heterocycles. The Kier molecular flexibility index (Phi) is 6.99. The summed E-state index contributed by atoms with van der Waals surface area (Å²) in [7, 11) is 0. The topological polar surface area (TPSA) is 110 Å². The number of anilines is 2. The molecular formula is C22H19N5O3. The van der Waals surface area contributed by atoms with Crippen LogP contribution in [0.25, 0.3) is 11.1 Å². The van der Waals surface area contributed by atoms with Gasteiger partial charge in [0.2, 0.25) is 5.88 Å². The highest BCUT2D eigenvalue weighted by Gasteiger charge is 2.09. The molecule has 30 heavy (non-hydrogen) atoms. The average Bonchev–Trinajstić information content (AvgIpc) is 2.76. The van der Waals surface area contributed by atoms with Crippen LogP contribution in [0.1, 0.15) is 6.92 Å². The molecule has 3 heterocycles. The number of rotatable bonds is 5. The van der Waals surface area contributed by atoms with Crippen molar-refractivity contribution in [3.63, 3.8) is 0 Å². The van der Waals surface area contributed by atoms with Gasteiger partial charge >= 0.3 is 0 Å². The summed E-state index contributed by atoms with van der Waals surface area (Å²) in [6, 6.07) is 17.1. The van der Waals surface area contributed by atoms with Crippen molar-refractivity contribution in [1.29, 1.82) is 0 Å². The number of carboxylic acids is 1. The zero-order valence-electron chi connectivity index (χ0n) is 16.1. The third-order valence-electron chi connectivity index (χ3n) is 3.65. The van der Waals surface area contributed by atoms with Crippen LogP contribution in [0.5, 0.6) is 11.6 Å². The van der Waals surface area contributed by atoms with Gasteiger partial charge in [0.1, 0.15) is 17.9 Å². The van der Waals surface area contributed by atoms with Gasteiger partial charge in [-0.15, -0.1) is 0 Å². The van der Waals surface area contributed by atoms with Crippen LogP contribution in [-0.2, 0) is 4.79 Å². The van der Waals surface area contributed by atoms with Crippen molar-refractivity contribution in [1.82, 2.24) is 19.9 Å². The number of carboxylic acid groups (broad SMARTS) is 1. The predicted octanol–water partition coefficient (Wildman–Crippen LogP) is 4.56. The van der Waals surface area contributed by atoms with Crippen LogP contribution < -0.4 is 10.1 Å². The first kappa shape index (κ1) is 20.4. The van der Waals surface area contributed by atoms with Crippen LogP contribution in [0.2, 0.25) is 0 Å². The number of ether oxygens (including phenoxy) is 1. The average molecular weight is 401 g/mol. The maximum atomic E-state index is 9.00. The number of hydrogen-bond donors (Lipinski definition) is 2. The fraction of sp³-hybridized carbons (Fsp3) is 0.0455. The van der Waals surface area contributed by atoms with Gasteiger partial charge in [0.15, 0.2) is 0 Å². The fourth-order valence-corrected chi connectivity index (χ4v) is 2.43. The Labute approximate surface area is 173 Å². The lowest BCUT2D eigenvalue weighted by molar-refractivity contribution is -0.134. The van der Waals surface area contributed by atoms with Crippen molar-refractivity contribution >= 4 is 17.5 Å². The molecule has 0 unspecified atom stereocenters. The lowest BCUT2D eigenvalue weighted by atomic mass is 10.1. The quantitative estimate of drug-likeness (QED) is 0.501. The van der Waals surface area contributed by atoms with E-state index in [1.165, 1.54) is 6.33 Å². The molecule has 4 rings (SSSR count). The van der Waals surface area contributed by atoms with Crippen molar-refractivity contribution in [3.05, 3.63) is 85.7 Å². The van der Waals surface area contributed by atoms with E-state index < -0.39 is 5.97 Å². The maximum Gasteiger partial charge on any atom is 0.300 e. The summed E-state index contributed by atoms with van der Waals surface area (Å²) in [6.45, 7) is 1.08. The lowest BCUT2D eigenvalue weighted by Crippen LogP contribution is -1.94. The van der Waals surface area contributed by atoms with Gasteiger partial charge in [0.05, 0.1) is 0 Å². The molecule has 0 amide bonds. The van der Waals surface area contributed by atoms with Gasteiger partial charge in [-0.25, -0.2) is 19.9 Å². The van der Waals surface area contributed by atoms with Gasteiger partial charge < -0.3 is 15.2 Å². The van der Waals surface area contributed by atoms with Gasteiger partial charge in [-0.2, -0.15) is 0 Å². The summed E-state index contributed by atoms with van der Waals surface area (Å²) in [5.74, 6) is 1.15. The first-order chi connectivity index (χ1) is 14.6. The van der Waals surface area contributed by atoms with Crippen molar-refractivity contribution in [2.45, 2.75) is 6.92 Å². The summed E-state index contributed by atoms with van der Waals surface area (Å²) in [4.78, 5) is 25.7. The SMILES string of the molecule is CC(=O)O.c1ccc(Nc2ccc(Oc3ncccc3-c3cncnc3)cc2)nc1. The minimum absolute atomic E-state index is 0.507. The molecule has 0 aliphatic carbocycles. The van der Waals surface area contributed by atoms with Gasteiger partial charge in [-0.05, 0) is 48.5 Å². The lowest BCUT2D eigenvalue weighted by Gasteiger charge is -2.10. The molecule has 0 saturated heterocycles.